The lowest BCUT2D eigenvalue weighted by molar-refractivity contribution is -0.127. The van der Waals surface area contributed by atoms with Crippen LogP contribution in [0.2, 0.25) is 0 Å². The van der Waals surface area contributed by atoms with Crippen LogP contribution < -0.4 is 5.32 Å². The third-order valence-corrected chi connectivity index (χ3v) is 11.0. The number of methoxy groups -OCH3 is 1. The lowest BCUT2D eigenvalue weighted by atomic mass is 9.34. The number of hydrogen-bond acceptors (Lipinski definition) is 3. The molecule has 5 nitrogen and oxygen atoms in total. The number of nitrogens with zero attached hydrogens (tertiary/aromatic N) is 1. The van der Waals surface area contributed by atoms with Crippen molar-refractivity contribution in [3.8, 4) is 0 Å². The zero-order valence-electron chi connectivity index (χ0n) is 20.9. The van der Waals surface area contributed by atoms with Crippen LogP contribution in [0.15, 0.2) is 77.6 Å². The van der Waals surface area contributed by atoms with Crippen LogP contribution in [0.3, 0.4) is 0 Å². The van der Waals surface area contributed by atoms with E-state index in [1.54, 1.807) is 12.0 Å². The molecule has 184 valence electrons. The Labute approximate surface area is 212 Å². The van der Waals surface area contributed by atoms with Crippen LogP contribution in [-0.2, 0) is 14.9 Å². The number of nitrogens with one attached hydrogen (secondary N) is 1. The summed E-state index contributed by atoms with van der Waals surface area (Å²) in [5.74, 6) is 1.42. The Morgan fingerprint density at radius 2 is 1.89 bits per heavy atom. The molecule has 0 radical (unpaired) electrons. The van der Waals surface area contributed by atoms with Crippen LogP contribution in [0.25, 0.3) is 0 Å². The highest BCUT2D eigenvalue weighted by atomic mass is 16.5. The van der Waals surface area contributed by atoms with E-state index in [2.05, 4.69) is 66.0 Å². The number of fused-ring (bicyclic) bond motifs is 2. The van der Waals surface area contributed by atoms with Crippen molar-refractivity contribution < 1.29 is 14.3 Å². The minimum absolute atomic E-state index is 0.0102. The molecule has 6 aliphatic carbocycles. The van der Waals surface area contributed by atoms with Gasteiger partial charge < -0.3 is 10.1 Å². The summed E-state index contributed by atoms with van der Waals surface area (Å²) < 4.78 is 6.08. The Kier molecular flexibility index (Phi) is 3.87. The quantitative estimate of drug-likeness (QED) is 0.661. The number of allylic oxidation sites excluding steroid dienone is 4. The average Bonchev–Trinajstić information content (AvgIpc) is 3.50. The summed E-state index contributed by atoms with van der Waals surface area (Å²) in [4.78, 5) is 30.0. The van der Waals surface area contributed by atoms with Crippen LogP contribution in [-0.4, -0.2) is 35.5 Å². The van der Waals surface area contributed by atoms with Gasteiger partial charge in [0.05, 0.1) is 18.4 Å². The lowest BCUT2D eigenvalue weighted by Gasteiger charge is -2.68. The number of carbonyl (C=O) groups is 2. The van der Waals surface area contributed by atoms with Gasteiger partial charge in [0.2, 0.25) is 0 Å². The molecule has 1 aromatic rings. The fourth-order valence-electron chi connectivity index (χ4n) is 10.4. The Bertz CT molecular complexity index is 1330. The molecule has 1 heterocycles. The van der Waals surface area contributed by atoms with E-state index in [1.165, 1.54) is 17.6 Å². The molecule has 1 aliphatic heterocycles. The monoisotopic (exact) mass is 480 g/mol. The summed E-state index contributed by atoms with van der Waals surface area (Å²) in [5, 5.41) is 3.31. The molecular formula is C31H32N2O3. The van der Waals surface area contributed by atoms with Crippen LogP contribution in [0, 0.1) is 29.1 Å². The van der Waals surface area contributed by atoms with Gasteiger partial charge >= 0.3 is 6.03 Å². The Balaban J connectivity index is 1.39. The van der Waals surface area contributed by atoms with Crippen LogP contribution in [0.5, 0.6) is 0 Å². The largest absolute Gasteiger partial charge is 0.501 e. The van der Waals surface area contributed by atoms with E-state index < -0.39 is 5.54 Å². The Hall–Kier alpha value is -3.08. The van der Waals surface area contributed by atoms with Crippen molar-refractivity contribution in [1.29, 1.82) is 0 Å². The van der Waals surface area contributed by atoms with Gasteiger partial charge in [-0.1, -0.05) is 73.9 Å². The van der Waals surface area contributed by atoms with Crippen LogP contribution >= 0.6 is 0 Å². The van der Waals surface area contributed by atoms with E-state index in [0.717, 1.165) is 37.0 Å². The van der Waals surface area contributed by atoms with Crippen molar-refractivity contribution >= 4 is 11.9 Å². The molecule has 5 heteroatoms. The number of carbonyl (C=O) groups excluding carboxylic acids is 2. The summed E-state index contributed by atoms with van der Waals surface area (Å²) >= 11 is 0. The van der Waals surface area contributed by atoms with Crippen LogP contribution in [0.1, 0.15) is 44.6 Å². The van der Waals surface area contributed by atoms with Gasteiger partial charge in [-0.15, -0.1) is 0 Å². The van der Waals surface area contributed by atoms with Crippen molar-refractivity contribution in [3.63, 3.8) is 0 Å². The highest BCUT2D eigenvalue weighted by Gasteiger charge is 2.96. The summed E-state index contributed by atoms with van der Waals surface area (Å²) in [6, 6.07) is 10.7. The summed E-state index contributed by atoms with van der Waals surface area (Å²) in [7, 11) is 1.75. The number of ether oxygens (including phenoxy) is 1. The molecule has 8 rings (SSSR count). The standard InChI is InChI=1S/C31H32N2O3/c1-18-26-30(19-11-5-3-6-12-19)21-17-22(36-2)25-24(21)29(30)16-10-9-15-23(29)31(25,26)33(27(18)34)28(35)32-20-13-7-4-8-14-20/h3,5-6,9-12,15-17,20-21,23-25H,4,7-8,13-14H2,1-2H3,(H,32,35). The first-order valence-electron chi connectivity index (χ1n) is 13.6. The van der Waals surface area contributed by atoms with Gasteiger partial charge in [-0.05, 0) is 48.8 Å². The zero-order valence-corrected chi connectivity index (χ0v) is 20.9. The van der Waals surface area contributed by atoms with Crippen LogP contribution in [0.4, 0.5) is 4.79 Å². The van der Waals surface area contributed by atoms with Crippen molar-refractivity contribution in [2.24, 2.45) is 29.1 Å². The Morgan fingerprint density at radius 1 is 1.11 bits per heavy atom. The predicted octanol–water partition coefficient (Wildman–Crippen LogP) is 5.03. The van der Waals surface area contributed by atoms with Crippen molar-refractivity contribution in [2.75, 3.05) is 7.11 Å². The lowest BCUT2D eigenvalue weighted by Crippen LogP contribution is -2.69. The first-order chi connectivity index (χ1) is 17.6. The van der Waals surface area contributed by atoms with Gasteiger partial charge in [0.15, 0.2) is 0 Å². The number of rotatable bonds is 3. The number of urea groups is 1. The molecule has 2 bridgehead atoms. The molecule has 1 aromatic carbocycles. The van der Waals surface area contributed by atoms with Gasteiger partial charge in [-0.3, -0.25) is 4.79 Å². The third kappa shape index (κ3) is 1.86. The molecule has 4 saturated carbocycles. The molecule has 7 unspecified atom stereocenters. The fraction of sp³-hybridized carbons (Fsp3) is 0.484. The van der Waals surface area contributed by atoms with E-state index in [-0.39, 0.29) is 46.6 Å². The van der Waals surface area contributed by atoms with E-state index >= 15 is 0 Å². The molecule has 1 N–H and O–H groups in total. The second-order valence-electron chi connectivity index (χ2n) is 11.9. The van der Waals surface area contributed by atoms with Gasteiger partial charge in [0, 0.05) is 34.3 Å². The topological polar surface area (TPSA) is 58.6 Å². The van der Waals surface area contributed by atoms with Gasteiger partial charge in [0.1, 0.15) is 0 Å². The minimum atomic E-state index is -0.726. The SMILES string of the molecule is COC1=CC2C3C1C14C(=C(C)C(=O)N1C(=O)NC1CCCCC1)C2(c1ccccc1)C31C=CC=CC41. The predicted molar refractivity (Wildman–Crippen MR) is 136 cm³/mol. The van der Waals surface area contributed by atoms with Gasteiger partial charge in [-0.25, -0.2) is 9.69 Å². The first kappa shape index (κ1) is 21.0. The number of amides is 3. The molecular weight excluding hydrogens is 448 g/mol. The van der Waals surface area contributed by atoms with Gasteiger partial charge in [-0.2, -0.15) is 0 Å². The number of hydrogen-bond donors (Lipinski definition) is 1. The first-order valence-corrected chi connectivity index (χ1v) is 13.6. The zero-order chi connectivity index (χ0) is 24.4. The fourth-order valence-corrected chi connectivity index (χ4v) is 10.4. The van der Waals surface area contributed by atoms with E-state index in [4.69, 9.17) is 4.74 Å². The highest BCUT2D eigenvalue weighted by molar-refractivity contribution is 6.10. The number of benzene rings is 1. The second-order valence-corrected chi connectivity index (χ2v) is 11.9. The summed E-state index contributed by atoms with van der Waals surface area (Å²) in [6.45, 7) is 1.97. The van der Waals surface area contributed by atoms with E-state index in [0.29, 0.717) is 5.92 Å². The average molecular weight is 481 g/mol. The normalized spacial score (nSPS) is 42.9. The molecule has 7 atom stereocenters. The van der Waals surface area contributed by atoms with Crippen molar-refractivity contribution in [2.45, 2.75) is 56.0 Å². The van der Waals surface area contributed by atoms with Crippen molar-refractivity contribution in [3.05, 3.63) is 83.2 Å². The molecule has 0 saturated heterocycles. The summed E-state index contributed by atoms with van der Waals surface area (Å²) in [6.07, 6.45) is 16.8. The maximum Gasteiger partial charge on any atom is 0.325 e. The maximum atomic E-state index is 14.2. The molecule has 3 amide bonds. The summed E-state index contributed by atoms with van der Waals surface area (Å²) in [5.41, 5.74) is 1.94. The maximum absolute atomic E-state index is 14.2. The molecule has 36 heavy (non-hydrogen) atoms. The Morgan fingerprint density at radius 3 is 2.64 bits per heavy atom. The smallest absolute Gasteiger partial charge is 0.325 e. The third-order valence-electron chi connectivity index (χ3n) is 11.0. The van der Waals surface area contributed by atoms with Gasteiger partial charge in [0.25, 0.3) is 5.91 Å². The molecule has 4 fully saturated rings. The minimum Gasteiger partial charge on any atom is -0.501 e. The van der Waals surface area contributed by atoms with Crippen molar-refractivity contribution in [1.82, 2.24) is 10.2 Å². The molecule has 0 aromatic heterocycles. The highest BCUT2D eigenvalue weighted by Crippen LogP contribution is 2.93. The molecule has 7 aliphatic rings. The number of imide groups is 1. The second kappa shape index (κ2) is 6.62. The molecule has 2 spiro atoms. The van der Waals surface area contributed by atoms with E-state index in [1.807, 2.05) is 6.92 Å². The van der Waals surface area contributed by atoms with E-state index in [9.17, 15) is 9.59 Å².